The van der Waals surface area contributed by atoms with Gasteiger partial charge in [-0.2, -0.15) is 0 Å². The summed E-state index contributed by atoms with van der Waals surface area (Å²) in [6.07, 6.45) is 3.27. The standard InChI is InChI=1S/C19H20O4/c1-13-5-9-17(21-2)15(11-13)16(20)8-6-14-7-10-18(22-3)19(12-14)23-4/h5-12H,1-4H3. The Morgan fingerprint density at radius 3 is 2.17 bits per heavy atom. The van der Waals surface area contributed by atoms with E-state index in [0.717, 1.165) is 11.1 Å². The van der Waals surface area contributed by atoms with Crippen molar-refractivity contribution in [3.05, 3.63) is 59.2 Å². The third kappa shape index (κ3) is 3.92. The predicted molar refractivity (Wildman–Crippen MR) is 90.6 cm³/mol. The first-order chi connectivity index (χ1) is 11.1. The average Bonchev–Trinajstić information content (AvgIpc) is 2.59. The molecule has 0 amide bonds. The Labute approximate surface area is 136 Å². The lowest BCUT2D eigenvalue weighted by molar-refractivity contribution is 0.104. The lowest BCUT2D eigenvalue weighted by Crippen LogP contribution is -1.99. The molecule has 0 aromatic heterocycles. The van der Waals surface area contributed by atoms with Crippen molar-refractivity contribution in [3.63, 3.8) is 0 Å². The molecule has 0 saturated heterocycles. The maximum atomic E-state index is 12.4. The zero-order valence-electron chi connectivity index (χ0n) is 13.8. The van der Waals surface area contributed by atoms with Crippen LogP contribution >= 0.6 is 0 Å². The van der Waals surface area contributed by atoms with E-state index in [1.807, 2.05) is 31.2 Å². The highest BCUT2D eigenvalue weighted by Gasteiger charge is 2.10. The van der Waals surface area contributed by atoms with Crippen molar-refractivity contribution in [1.82, 2.24) is 0 Å². The molecule has 2 rings (SSSR count). The van der Waals surface area contributed by atoms with Crippen LogP contribution in [-0.2, 0) is 0 Å². The van der Waals surface area contributed by atoms with Gasteiger partial charge in [0.05, 0.1) is 26.9 Å². The molecule has 2 aromatic carbocycles. The second kappa shape index (κ2) is 7.49. The number of benzene rings is 2. The molecule has 0 fully saturated rings. The van der Waals surface area contributed by atoms with Crippen LogP contribution in [0.2, 0.25) is 0 Å². The van der Waals surface area contributed by atoms with Crippen LogP contribution in [-0.4, -0.2) is 27.1 Å². The van der Waals surface area contributed by atoms with Gasteiger partial charge >= 0.3 is 0 Å². The molecule has 0 aliphatic carbocycles. The molecule has 120 valence electrons. The zero-order valence-corrected chi connectivity index (χ0v) is 13.8. The van der Waals surface area contributed by atoms with Crippen LogP contribution in [0.1, 0.15) is 21.5 Å². The second-order valence-corrected chi connectivity index (χ2v) is 5.02. The Kier molecular flexibility index (Phi) is 5.41. The highest BCUT2D eigenvalue weighted by atomic mass is 16.5. The molecule has 0 N–H and O–H groups in total. The fourth-order valence-electron chi connectivity index (χ4n) is 2.23. The average molecular weight is 312 g/mol. The largest absolute Gasteiger partial charge is 0.496 e. The zero-order chi connectivity index (χ0) is 16.8. The number of rotatable bonds is 6. The Balaban J connectivity index is 2.26. The van der Waals surface area contributed by atoms with Crippen LogP contribution in [0.4, 0.5) is 0 Å². The van der Waals surface area contributed by atoms with Crippen molar-refractivity contribution in [3.8, 4) is 17.2 Å². The number of ketones is 1. The van der Waals surface area contributed by atoms with Crippen LogP contribution in [0.3, 0.4) is 0 Å². The normalized spacial score (nSPS) is 10.6. The van der Waals surface area contributed by atoms with Crippen molar-refractivity contribution in [1.29, 1.82) is 0 Å². The first-order valence-corrected chi connectivity index (χ1v) is 7.18. The summed E-state index contributed by atoms with van der Waals surface area (Å²) in [6.45, 7) is 1.94. The highest BCUT2D eigenvalue weighted by Crippen LogP contribution is 2.28. The van der Waals surface area contributed by atoms with E-state index < -0.39 is 0 Å². The smallest absolute Gasteiger partial charge is 0.189 e. The van der Waals surface area contributed by atoms with Crippen LogP contribution in [0.15, 0.2) is 42.5 Å². The van der Waals surface area contributed by atoms with E-state index in [1.54, 1.807) is 39.5 Å². The van der Waals surface area contributed by atoms with Crippen LogP contribution in [0.5, 0.6) is 17.2 Å². The number of hydrogen-bond acceptors (Lipinski definition) is 4. The number of carbonyl (C=O) groups is 1. The van der Waals surface area contributed by atoms with E-state index in [0.29, 0.717) is 22.8 Å². The van der Waals surface area contributed by atoms with E-state index in [9.17, 15) is 4.79 Å². The van der Waals surface area contributed by atoms with E-state index in [-0.39, 0.29) is 5.78 Å². The summed E-state index contributed by atoms with van der Waals surface area (Å²) in [6, 6.07) is 11.0. The summed E-state index contributed by atoms with van der Waals surface area (Å²) in [5, 5.41) is 0. The predicted octanol–water partition coefficient (Wildman–Crippen LogP) is 3.92. The molecule has 0 aliphatic heterocycles. The first kappa shape index (κ1) is 16.6. The summed E-state index contributed by atoms with van der Waals surface area (Å²) in [4.78, 5) is 12.4. The van der Waals surface area contributed by atoms with Gasteiger partial charge in [-0.1, -0.05) is 23.8 Å². The lowest BCUT2D eigenvalue weighted by Gasteiger charge is -2.08. The Morgan fingerprint density at radius 1 is 0.870 bits per heavy atom. The third-order valence-electron chi connectivity index (χ3n) is 3.46. The highest BCUT2D eigenvalue weighted by molar-refractivity contribution is 6.08. The molecule has 0 saturated carbocycles. The fourth-order valence-corrected chi connectivity index (χ4v) is 2.23. The van der Waals surface area contributed by atoms with Gasteiger partial charge in [0.1, 0.15) is 5.75 Å². The molecule has 0 spiro atoms. The van der Waals surface area contributed by atoms with Crippen molar-refractivity contribution >= 4 is 11.9 Å². The molecule has 0 heterocycles. The maximum absolute atomic E-state index is 12.4. The monoisotopic (exact) mass is 312 g/mol. The van der Waals surface area contributed by atoms with E-state index in [4.69, 9.17) is 14.2 Å². The van der Waals surface area contributed by atoms with Gasteiger partial charge in [-0.15, -0.1) is 0 Å². The topological polar surface area (TPSA) is 44.8 Å². The van der Waals surface area contributed by atoms with Gasteiger partial charge < -0.3 is 14.2 Å². The summed E-state index contributed by atoms with van der Waals surface area (Å²) >= 11 is 0. The van der Waals surface area contributed by atoms with Gasteiger partial charge in [0, 0.05) is 0 Å². The van der Waals surface area contributed by atoms with Gasteiger partial charge in [0.15, 0.2) is 17.3 Å². The first-order valence-electron chi connectivity index (χ1n) is 7.18. The summed E-state index contributed by atoms with van der Waals surface area (Å²) in [7, 11) is 4.72. The van der Waals surface area contributed by atoms with Gasteiger partial charge in [-0.25, -0.2) is 0 Å². The number of allylic oxidation sites excluding steroid dienone is 1. The minimum Gasteiger partial charge on any atom is -0.496 e. The fraction of sp³-hybridized carbons (Fsp3) is 0.211. The summed E-state index contributed by atoms with van der Waals surface area (Å²) in [5.74, 6) is 1.73. The van der Waals surface area contributed by atoms with E-state index >= 15 is 0 Å². The van der Waals surface area contributed by atoms with Crippen LogP contribution < -0.4 is 14.2 Å². The molecule has 0 aliphatic rings. The minimum absolute atomic E-state index is 0.111. The summed E-state index contributed by atoms with van der Waals surface area (Å²) < 4.78 is 15.7. The van der Waals surface area contributed by atoms with Crippen molar-refractivity contribution in [2.45, 2.75) is 6.92 Å². The molecular formula is C19H20O4. The number of ether oxygens (including phenoxy) is 3. The van der Waals surface area contributed by atoms with E-state index in [1.165, 1.54) is 6.08 Å². The van der Waals surface area contributed by atoms with Crippen LogP contribution in [0, 0.1) is 6.92 Å². The number of carbonyl (C=O) groups excluding carboxylic acids is 1. The van der Waals surface area contributed by atoms with Gasteiger partial charge in [0.2, 0.25) is 0 Å². The van der Waals surface area contributed by atoms with Crippen molar-refractivity contribution in [2.75, 3.05) is 21.3 Å². The molecule has 0 unspecified atom stereocenters. The Bertz CT molecular complexity index is 732. The quantitative estimate of drug-likeness (QED) is 0.599. The Hall–Kier alpha value is -2.75. The number of aryl methyl sites for hydroxylation is 1. The van der Waals surface area contributed by atoms with Gasteiger partial charge in [-0.05, 0) is 42.8 Å². The third-order valence-corrected chi connectivity index (χ3v) is 3.46. The molecule has 4 nitrogen and oxygen atoms in total. The maximum Gasteiger partial charge on any atom is 0.189 e. The van der Waals surface area contributed by atoms with Gasteiger partial charge in [0.25, 0.3) is 0 Å². The molecular weight excluding hydrogens is 292 g/mol. The lowest BCUT2D eigenvalue weighted by atomic mass is 10.1. The molecule has 4 heteroatoms. The van der Waals surface area contributed by atoms with Gasteiger partial charge in [-0.3, -0.25) is 4.79 Å². The van der Waals surface area contributed by atoms with Crippen LogP contribution in [0.25, 0.3) is 6.08 Å². The number of hydrogen-bond donors (Lipinski definition) is 0. The Morgan fingerprint density at radius 2 is 1.52 bits per heavy atom. The SMILES string of the molecule is COc1ccc(C=CC(=O)c2cc(C)ccc2OC)cc1OC. The molecule has 2 aromatic rings. The molecule has 0 bridgehead atoms. The van der Waals surface area contributed by atoms with Crippen molar-refractivity contribution < 1.29 is 19.0 Å². The molecule has 23 heavy (non-hydrogen) atoms. The molecule has 0 radical (unpaired) electrons. The summed E-state index contributed by atoms with van der Waals surface area (Å²) in [5.41, 5.74) is 2.40. The second-order valence-electron chi connectivity index (χ2n) is 5.02. The number of methoxy groups -OCH3 is 3. The minimum atomic E-state index is -0.111. The molecule has 0 atom stereocenters. The van der Waals surface area contributed by atoms with E-state index in [2.05, 4.69) is 0 Å². The van der Waals surface area contributed by atoms with Crippen molar-refractivity contribution in [2.24, 2.45) is 0 Å².